The number of rotatable bonds is 6. The molecule has 0 radical (unpaired) electrons. The lowest BCUT2D eigenvalue weighted by Crippen LogP contribution is -2.49. The van der Waals surface area contributed by atoms with Crippen LogP contribution in [0.5, 0.6) is 0 Å². The number of benzene rings is 1. The van der Waals surface area contributed by atoms with Crippen molar-refractivity contribution >= 4 is 17.5 Å². The Labute approximate surface area is 203 Å². The Kier molecular flexibility index (Phi) is 6.55. The summed E-state index contributed by atoms with van der Waals surface area (Å²) < 4.78 is 10.7. The normalized spacial score (nSPS) is 12.3. The third-order valence-electron chi connectivity index (χ3n) is 5.42. The number of hydrogen-bond acceptors (Lipinski definition) is 6. The molecule has 4 aromatic rings. The monoisotopic (exact) mass is 472 g/mol. The highest BCUT2D eigenvalue weighted by Crippen LogP contribution is 2.33. The highest BCUT2D eigenvalue weighted by Gasteiger charge is 2.36. The molecule has 3 aromatic heterocycles. The van der Waals surface area contributed by atoms with E-state index >= 15 is 0 Å². The quantitative estimate of drug-likeness (QED) is 0.411. The van der Waals surface area contributed by atoms with Crippen molar-refractivity contribution in [2.45, 2.75) is 46.2 Å². The molecule has 1 unspecified atom stereocenters. The van der Waals surface area contributed by atoms with Crippen molar-refractivity contribution in [3.05, 3.63) is 90.0 Å². The molecule has 1 atom stereocenters. The molecule has 2 amide bonds. The van der Waals surface area contributed by atoms with Gasteiger partial charge in [0.25, 0.3) is 5.91 Å². The lowest BCUT2D eigenvalue weighted by Gasteiger charge is -2.33. The average Bonchev–Trinajstić information content (AvgIpc) is 3.47. The van der Waals surface area contributed by atoms with Crippen molar-refractivity contribution in [1.82, 2.24) is 15.5 Å². The summed E-state index contributed by atoms with van der Waals surface area (Å²) in [6, 6.07) is 13.1. The zero-order valence-corrected chi connectivity index (χ0v) is 20.4. The van der Waals surface area contributed by atoms with Crippen molar-refractivity contribution in [3.63, 3.8) is 0 Å². The molecule has 0 bridgehead atoms. The van der Waals surface area contributed by atoms with Gasteiger partial charge in [0.05, 0.1) is 12.0 Å². The fraction of sp³-hybridized carbons (Fsp3) is 0.259. The molecule has 4 rings (SSSR count). The Bertz CT molecular complexity index is 1280. The highest BCUT2D eigenvalue weighted by molar-refractivity contribution is 6.08. The number of aromatic nitrogens is 2. The summed E-state index contributed by atoms with van der Waals surface area (Å²) in [7, 11) is 0. The predicted molar refractivity (Wildman–Crippen MR) is 132 cm³/mol. The smallest absolute Gasteiger partial charge is 0.294 e. The Morgan fingerprint density at radius 1 is 1.03 bits per heavy atom. The molecule has 0 aliphatic rings. The van der Waals surface area contributed by atoms with Gasteiger partial charge in [0.15, 0.2) is 5.76 Å². The van der Waals surface area contributed by atoms with Gasteiger partial charge in [-0.1, -0.05) is 23.4 Å². The Balaban J connectivity index is 1.84. The summed E-state index contributed by atoms with van der Waals surface area (Å²) >= 11 is 0. The van der Waals surface area contributed by atoms with E-state index in [2.05, 4.69) is 15.5 Å². The SMILES string of the molecule is Cc1noc(C)c1-c1ccc(N(C(=O)c2ccco2)C(C(=O)NC(C)(C)C)c2cccnc2)cc1. The van der Waals surface area contributed by atoms with Crippen LogP contribution in [-0.4, -0.2) is 27.5 Å². The first-order chi connectivity index (χ1) is 16.7. The Morgan fingerprint density at radius 3 is 2.31 bits per heavy atom. The van der Waals surface area contributed by atoms with E-state index in [0.29, 0.717) is 17.0 Å². The number of furan rings is 1. The fourth-order valence-electron chi connectivity index (χ4n) is 3.98. The number of anilines is 1. The Hall–Kier alpha value is -4.20. The minimum atomic E-state index is -0.981. The molecule has 1 aromatic carbocycles. The highest BCUT2D eigenvalue weighted by atomic mass is 16.5. The number of nitrogens with one attached hydrogen (secondary N) is 1. The van der Waals surface area contributed by atoms with Crippen molar-refractivity contribution in [1.29, 1.82) is 0 Å². The molecular formula is C27H28N4O4. The van der Waals surface area contributed by atoms with Crippen molar-refractivity contribution in [2.24, 2.45) is 0 Å². The molecule has 3 heterocycles. The lowest BCUT2D eigenvalue weighted by molar-refractivity contribution is -0.123. The number of carbonyl (C=O) groups is 2. The average molecular weight is 473 g/mol. The second kappa shape index (κ2) is 9.58. The van der Waals surface area contributed by atoms with Gasteiger partial charge in [0.1, 0.15) is 11.8 Å². The summed E-state index contributed by atoms with van der Waals surface area (Å²) in [5, 5.41) is 7.03. The van der Waals surface area contributed by atoms with Gasteiger partial charge in [-0.2, -0.15) is 0 Å². The number of carbonyl (C=O) groups excluding carboxylic acids is 2. The zero-order valence-electron chi connectivity index (χ0n) is 20.4. The Morgan fingerprint density at radius 2 is 1.77 bits per heavy atom. The molecule has 0 saturated heterocycles. The van der Waals surface area contributed by atoms with Crippen LogP contribution in [0.1, 0.15) is 54.4 Å². The predicted octanol–water partition coefficient (Wildman–Crippen LogP) is 5.25. The van der Waals surface area contributed by atoms with Crippen LogP contribution in [0.3, 0.4) is 0 Å². The fourth-order valence-corrected chi connectivity index (χ4v) is 3.98. The summed E-state index contributed by atoms with van der Waals surface area (Å²) in [5.74, 6) is 0.0482. The molecule has 0 aliphatic carbocycles. The maximum atomic E-state index is 13.7. The van der Waals surface area contributed by atoms with E-state index < -0.39 is 17.5 Å². The molecule has 8 nitrogen and oxygen atoms in total. The molecule has 0 spiro atoms. The molecule has 1 N–H and O–H groups in total. The number of pyridine rings is 1. The summed E-state index contributed by atoms with van der Waals surface area (Å²) in [5.41, 5.74) is 3.16. The topological polar surface area (TPSA) is 101 Å². The zero-order chi connectivity index (χ0) is 25.2. The summed E-state index contributed by atoms with van der Waals surface area (Å²) in [6.45, 7) is 9.40. The third-order valence-corrected chi connectivity index (χ3v) is 5.42. The minimum Gasteiger partial charge on any atom is -0.459 e. The van der Waals surface area contributed by atoms with E-state index in [-0.39, 0.29) is 11.7 Å². The lowest BCUT2D eigenvalue weighted by atomic mass is 10.0. The van der Waals surface area contributed by atoms with E-state index in [0.717, 1.165) is 16.8 Å². The van der Waals surface area contributed by atoms with E-state index in [4.69, 9.17) is 8.94 Å². The van der Waals surface area contributed by atoms with Crippen LogP contribution in [0.25, 0.3) is 11.1 Å². The van der Waals surface area contributed by atoms with E-state index in [1.54, 1.807) is 48.8 Å². The first kappa shape index (κ1) is 23.9. The molecule has 35 heavy (non-hydrogen) atoms. The van der Waals surface area contributed by atoms with Gasteiger partial charge in [0.2, 0.25) is 5.91 Å². The van der Waals surface area contributed by atoms with E-state index in [1.807, 2.05) is 46.8 Å². The van der Waals surface area contributed by atoms with Crippen LogP contribution in [0.4, 0.5) is 5.69 Å². The van der Waals surface area contributed by atoms with Gasteiger partial charge in [-0.25, -0.2) is 0 Å². The van der Waals surface area contributed by atoms with E-state index in [1.165, 1.54) is 11.2 Å². The molecule has 0 fully saturated rings. The van der Waals surface area contributed by atoms with Gasteiger partial charge in [-0.05, 0) is 70.5 Å². The molecule has 0 saturated carbocycles. The first-order valence-corrected chi connectivity index (χ1v) is 11.3. The van der Waals surface area contributed by atoms with Crippen LogP contribution < -0.4 is 10.2 Å². The summed E-state index contributed by atoms with van der Waals surface area (Å²) in [4.78, 5) is 33.0. The van der Waals surface area contributed by atoms with Gasteiger partial charge in [-0.3, -0.25) is 19.5 Å². The van der Waals surface area contributed by atoms with Gasteiger partial charge in [0, 0.05) is 34.7 Å². The number of aryl methyl sites for hydroxylation is 2. The second-order valence-corrected chi connectivity index (χ2v) is 9.33. The van der Waals surface area contributed by atoms with Gasteiger partial charge in [-0.15, -0.1) is 0 Å². The first-order valence-electron chi connectivity index (χ1n) is 11.3. The number of nitrogens with zero attached hydrogens (tertiary/aromatic N) is 3. The second-order valence-electron chi connectivity index (χ2n) is 9.33. The van der Waals surface area contributed by atoms with Crippen LogP contribution in [0.2, 0.25) is 0 Å². The standard InChI is InChI=1S/C27H28N4O4/c1-17-23(18(2)35-30-17)19-10-12-21(13-11-19)31(26(33)22-9-7-15-34-22)24(20-8-6-14-28-16-20)25(32)29-27(3,4)5/h6-16,24H,1-5H3,(H,29,32). The number of amides is 2. The molecule has 8 heteroatoms. The van der Waals surface area contributed by atoms with Gasteiger partial charge >= 0.3 is 0 Å². The van der Waals surface area contributed by atoms with Crippen LogP contribution in [-0.2, 0) is 4.79 Å². The van der Waals surface area contributed by atoms with Crippen molar-refractivity contribution < 1.29 is 18.5 Å². The molecule has 0 aliphatic heterocycles. The van der Waals surface area contributed by atoms with Crippen molar-refractivity contribution in [2.75, 3.05) is 4.90 Å². The third kappa shape index (κ3) is 5.16. The number of hydrogen-bond donors (Lipinski definition) is 1. The largest absolute Gasteiger partial charge is 0.459 e. The maximum Gasteiger partial charge on any atom is 0.294 e. The van der Waals surface area contributed by atoms with Crippen molar-refractivity contribution in [3.8, 4) is 11.1 Å². The van der Waals surface area contributed by atoms with Crippen LogP contribution in [0, 0.1) is 13.8 Å². The van der Waals surface area contributed by atoms with E-state index in [9.17, 15) is 9.59 Å². The van der Waals surface area contributed by atoms with Gasteiger partial charge < -0.3 is 14.3 Å². The maximum absolute atomic E-state index is 13.7. The van der Waals surface area contributed by atoms with Crippen LogP contribution >= 0.6 is 0 Å². The minimum absolute atomic E-state index is 0.122. The molecule has 180 valence electrons. The molecular weight excluding hydrogens is 444 g/mol. The van der Waals surface area contributed by atoms with Crippen LogP contribution in [0.15, 0.2) is 76.1 Å². The summed E-state index contributed by atoms with van der Waals surface area (Å²) in [6.07, 6.45) is 4.65.